The summed E-state index contributed by atoms with van der Waals surface area (Å²) in [5.74, 6) is -1.18. The molecule has 5 nitrogen and oxygen atoms in total. The molecule has 3 aromatic carbocycles. The number of amides is 1. The standard InChI is InChI=1S/C23H18ClNO4/c24-20-12-6-16(7-13-20)14-25-21(26)15-29-23(28)19-10-8-18(9-11-19)22(27)17-4-2-1-3-5-17/h1-13H,14-15H2,(H,25,26). The smallest absolute Gasteiger partial charge is 0.338 e. The summed E-state index contributed by atoms with van der Waals surface area (Å²) in [6.07, 6.45) is 0. The SMILES string of the molecule is O=C(COC(=O)c1ccc(C(=O)c2ccccc2)cc1)NCc1ccc(Cl)cc1. The fourth-order valence-corrected chi connectivity index (χ4v) is 2.71. The summed E-state index contributed by atoms with van der Waals surface area (Å²) < 4.78 is 5.03. The van der Waals surface area contributed by atoms with Crippen LogP contribution in [0.3, 0.4) is 0 Å². The predicted octanol–water partition coefficient (Wildman–Crippen LogP) is 4.04. The number of carbonyl (C=O) groups is 3. The zero-order valence-electron chi connectivity index (χ0n) is 15.4. The Labute approximate surface area is 173 Å². The molecular weight excluding hydrogens is 390 g/mol. The first-order valence-electron chi connectivity index (χ1n) is 8.91. The van der Waals surface area contributed by atoms with Crippen LogP contribution < -0.4 is 5.32 Å². The maximum absolute atomic E-state index is 12.4. The third kappa shape index (κ3) is 5.77. The highest BCUT2D eigenvalue weighted by Gasteiger charge is 2.13. The van der Waals surface area contributed by atoms with E-state index in [0.29, 0.717) is 22.7 Å². The molecule has 1 amide bonds. The Morgan fingerprint density at radius 2 is 1.34 bits per heavy atom. The van der Waals surface area contributed by atoms with E-state index in [0.717, 1.165) is 5.56 Å². The molecule has 0 aliphatic carbocycles. The summed E-state index contributed by atoms with van der Waals surface area (Å²) >= 11 is 5.81. The molecule has 29 heavy (non-hydrogen) atoms. The highest BCUT2D eigenvalue weighted by atomic mass is 35.5. The van der Waals surface area contributed by atoms with E-state index in [1.807, 2.05) is 6.07 Å². The van der Waals surface area contributed by atoms with E-state index in [9.17, 15) is 14.4 Å². The number of carbonyl (C=O) groups excluding carboxylic acids is 3. The summed E-state index contributed by atoms with van der Waals surface area (Å²) in [6, 6.07) is 22.1. The van der Waals surface area contributed by atoms with Gasteiger partial charge in [0.25, 0.3) is 5.91 Å². The van der Waals surface area contributed by atoms with Crippen molar-refractivity contribution in [3.8, 4) is 0 Å². The van der Waals surface area contributed by atoms with Gasteiger partial charge in [0.2, 0.25) is 0 Å². The van der Waals surface area contributed by atoms with Crippen LogP contribution in [0, 0.1) is 0 Å². The number of esters is 1. The Bertz CT molecular complexity index is 999. The van der Waals surface area contributed by atoms with Crippen molar-refractivity contribution in [2.45, 2.75) is 6.54 Å². The molecule has 6 heteroatoms. The van der Waals surface area contributed by atoms with E-state index < -0.39 is 18.5 Å². The quantitative estimate of drug-likeness (QED) is 0.474. The number of nitrogens with one attached hydrogen (secondary N) is 1. The van der Waals surface area contributed by atoms with Crippen molar-refractivity contribution in [1.82, 2.24) is 5.32 Å². The molecule has 0 aliphatic heterocycles. The summed E-state index contributed by atoms with van der Waals surface area (Å²) in [5, 5.41) is 3.28. The van der Waals surface area contributed by atoms with Gasteiger partial charge >= 0.3 is 5.97 Å². The lowest BCUT2D eigenvalue weighted by Crippen LogP contribution is -2.28. The molecule has 0 atom stereocenters. The third-order valence-electron chi connectivity index (χ3n) is 4.16. The second kappa shape index (κ2) is 9.66. The van der Waals surface area contributed by atoms with Crippen LogP contribution in [0.4, 0.5) is 0 Å². The van der Waals surface area contributed by atoms with Crippen LogP contribution in [-0.2, 0) is 16.1 Å². The van der Waals surface area contributed by atoms with Gasteiger partial charge in [-0.15, -0.1) is 0 Å². The van der Waals surface area contributed by atoms with Gasteiger partial charge in [0.05, 0.1) is 5.56 Å². The number of ketones is 1. The van der Waals surface area contributed by atoms with Crippen LogP contribution in [-0.4, -0.2) is 24.3 Å². The van der Waals surface area contributed by atoms with Crippen LogP contribution >= 0.6 is 11.6 Å². The zero-order chi connectivity index (χ0) is 20.6. The van der Waals surface area contributed by atoms with Crippen molar-refractivity contribution in [3.05, 3.63) is 106 Å². The van der Waals surface area contributed by atoms with Gasteiger partial charge in [-0.25, -0.2) is 4.79 Å². The summed E-state index contributed by atoms with van der Waals surface area (Å²) in [4.78, 5) is 36.3. The van der Waals surface area contributed by atoms with Gasteiger partial charge in [-0.2, -0.15) is 0 Å². The van der Waals surface area contributed by atoms with E-state index in [4.69, 9.17) is 16.3 Å². The molecule has 0 radical (unpaired) electrons. The van der Waals surface area contributed by atoms with Crippen LogP contribution in [0.15, 0.2) is 78.9 Å². The molecule has 146 valence electrons. The zero-order valence-corrected chi connectivity index (χ0v) is 16.2. The van der Waals surface area contributed by atoms with Crippen molar-refractivity contribution in [2.24, 2.45) is 0 Å². The lowest BCUT2D eigenvalue weighted by molar-refractivity contribution is -0.124. The maximum Gasteiger partial charge on any atom is 0.338 e. The summed E-state index contributed by atoms with van der Waals surface area (Å²) in [5.41, 5.74) is 2.18. The first-order valence-corrected chi connectivity index (χ1v) is 9.29. The first-order chi connectivity index (χ1) is 14.0. The van der Waals surface area contributed by atoms with Gasteiger partial charge in [0.15, 0.2) is 12.4 Å². The Kier molecular flexibility index (Phi) is 6.76. The number of hydrogen-bond donors (Lipinski definition) is 1. The topological polar surface area (TPSA) is 72.5 Å². The lowest BCUT2D eigenvalue weighted by Gasteiger charge is -2.07. The Balaban J connectivity index is 1.49. The number of benzene rings is 3. The van der Waals surface area contributed by atoms with Gasteiger partial charge in [-0.05, 0) is 29.8 Å². The molecule has 0 saturated heterocycles. The molecule has 0 heterocycles. The molecule has 0 spiro atoms. The molecule has 3 aromatic rings. The van der Waals surface area contributed by atoms with Crippen molar-refractivity contribution in [1.29, 1.82) is 0 Å². The van der Waals surface area contributed by atoms with E-state index in [1.165, 1.54) is 12.1 Å². The maximum atomic E-state index is 12.4. The predicted molar refractivity (Wildman–Crippen MR) is 110 cm³/mol. The largest absolute Gasteiger partial charge is 0.452 e. The van der Waals surface area contributed by atoms with Crippen LogP contribution in [0.5, 0.6) is 0 Å². The van der Waals surface area contributed by atoms with Crippen LogP contribution in [0.1, 0.15) is 31.8 Å². The number of halogens is 1. The van der Waals surface area contributed by atoms with Gasteiger partial charge in [-0.3, -0.25) is 9.59 Å². The molecule has 0 aliphatic rings. The lowest BCUT2D eigenvalue weighted by atomic mass is 10.0. The van der Waals surface area contributed by atoms with Crippen molar-refractivity contribution in [3.63, 3.8) is 0 Å². The van der Waals surface area contributed by atoms with Gasteiger partial charge in [0, 0.05) is 22.7 Å². The van der Waals surface area contributed by atoms with Gasteiger partial charge < -0.3 is 10.1 Å². The van der Waals surface area contributed by atoms with E-state index in [1.54, 1.807) is 60.7 Å². The number of ether oxygens (including phenoxy) is 1. The van der Waals surface area contributed by atoms with E-state index in [-0.39, 0.29) is 11.3 Å². The minimum Gasteiger partial charge on any atom is -0.452 e. The summed E-state index contributed by atoms with van der Waals surface area (Å²) in [6.45, 7) is -0.0824. The Morgan fingerprint density at radius 1 is 0.759 bits per heavy atom. The second-order valence-electron chi connectivity index (χ2n) is 6.25. The van der Waals surface area contributed by atoms with Gasteiger partial charge in [0.1, 0.15) is 0 Å². The molecule has 0 aromatic heterocycles. The molecule has 0 unspecified atom stereocenters. The Morgan fingerprint density at radius 3 is 2.00 bits per heavy atom. The second-order valence-corrected chi connectivity index (χ2v) is 6.69. The normalized spacial score (nSPS) is 10.2. The van der Waals surface area contributed by atoms with Crippen LogP contribution in [0.2, 0.25) is 5.02 Å². The molecule has 0 fully saturated rings. The number of rotatable bonds is 7. The van der Waals surface area contributed by atoms with Crippen molar-refractivity contribution in [2.75, 3.05) is 6.61 Å². The molecule has 1 N–H and O–H groups in total. The first kappa shape index (κ1) is 20.3. The molecule has 0 bridgehead atoms. The minimum atomic E-state index is -0.634. The van der Waals surface area contributed by atoms with E-state index in [2.05, 4.69) is 5.32 Å². The fourth-order valence-electron chi connectivity index (χ4n) is 2.58. The van der Waals surface area contributed by atoms with Crippen LogP contribution in [0.25, 0.3) is 0 Å². The molecule has 3 rings (SSSR count). The monoisotopic (exact) mass is 407 g/mol. The van der Waals surface area contributed by atoms with Crippen molar-refractivity contribution >= 4 is 29.3 Å². The highest BCUT2D eigenvalue weighted by molar-refractivity contribution is 6.30. The summed E-state index contributed by atoms with van der Waals surface area (Å²) in [7, 11) is 0. The highest BCUT2D eigenvalue weighted by Crippen LogP contribution is 2.12. The minimum absolute atomic E-state index is 0.132. The molecule has 0 saturated carbocycles. The molecular formula is C23H18ClNO4. The average molecular weight is 408 g/mol. The third-order valence-corrected chi connectivity index (χ3v) is 4.41. The Hall–Kier alpha value is -3.44. The number of hydrogen-bond acceptors (Lipinski definition) is 4. The average Bonchev–Trinajstić information content (AvgIpc) is 2.77. The van der Waals surface area contributed by atoms with Gasteiger partial charge in [-0.1, -0.05) is 66.2 Å². The van der Waals surface area contributed by atoms with Crippen molar-refractivity contribution < 1.29 is 19.1 Å². The van der Waals surface area contributed by atoms with E-state index >= 15 is 0 Å². The fraction of sp³-hybridized carbons (Fsp3) is 0.0870.